The summed E-state index contributed by atoms with van der Waals surface area (Å²) in [6.07, 6.45) is 33.1. The van der Waals surface area contributed by atoms with Gasteiger partial charge in [-0.2, -0.15) is 0 Å². The lowest BCUT2D eigenvalue weighted by Gasteiger charge is -2.49. The fourth-order valence-corrected chi connectivity index (χ4v) is 9.07. The molecule has 4 aliphatic rings. The summed E-state index contributed by atoms with van der Waals surface area (Å²) in [4.78, 5) is 43.1. The largest absolute Gasteiger partial charge is 0.478 e. The molecule has 4 saturated heterocycles. The molecular formula is C58H84O14. The topological polar surface area (TPSA) is 227 Å². The Hall–Kier alpha value is -4.96. The molecule has 400 valence electrons. The number of allylic oxidation sites excluding steroid dienone is 8. The van der Waals surface area contributed by atoms with E-state index in [0.717, 1.165) is 87.5 Å². The molecule has 0 bridgehead atoms. The van der Waals surface area contributed by atoms with Gasteiger partial charge in [0.25, 0.3) is 0 Å². The zero-order valence-corrected chi connectivity index (χ0v) is 44.2. The lowest BCUT2D eigenvalue weighted by Crippen LogP contribution is -2.51. The molecule has 0 aromatic rings. The maximum absolute atomic E-state index is 10.9. The van der Waals surface area contributed by atoms with Crippen LogP contribution >= 0.6 is 0 Å². The Bertz CT molecular complexity index is 1970. The van der Waals surface area contributed by atoms with Crippen LogP contribution in [0.15, 0.2) is 120 Å². The first kappa shape index (κ1) is 61.3. The van der Waals surface area contributed by atoms with Gasteiger partial charge in [-0.05, 0) is 101 Å². The summed E-state index contributed by atoms with van der Waals surface area (Å²) in [7, 11) is 0. The third-order valence-corrected chi connectivity index (χ3v) is 14.2. The second-order valence-corrected chi connectivity index (χ2v) is 20.7. The van der Waals surface area contributed by atoms with Crippen molar-refractivity contribution in [1.82, 2.24) is 0 Å². The van der Waals surface area contributed by atoms with Crippen LogP contribution in [0.25, 0.3) is 0 Å². The fraction of sp³-hybridized carbons (Fsp3) is 0.586. The van der Waals surface area contributed by atoms with Gasteiger partial charge >= 0.3 is 23.9 Å². The van der Waals surface area contributed by atoms with E-state index in [1.54, 1.807) is 39.8 Å². The Labute approximate surface area is 427 Å². The monoisotopic (exact) mass is 1000 g/mol. The molecule has 0 radical (unpaired) electrons. The zero-order valence-electron chi connectivity index (χ0n) is 44.2. The smallest absolute Gasteiger partial charge is 0.328 e. The lowest BCUT2D eigenvalue weighted by molar-refractivity contribution is -0.323. The zero-order chi connectivity index (χ0) is 53.8. The Morgan fingerprint density at radius 1 is 0.472 bits per heavy atom. The molecular weight excluding hydrogens is 921 g/mol. The predicted molar refractivity (Wildman–Crippen MR) is 279 cm³/mol. The first-order valence-corrected chi connectivity index (χ1v) is 25.6. The third kappa shape index (κ3) is 21.6. The van der Waals surface area contributed by atoms with Gasteiger partial charge in [0.1, 0.15) is 0 Å². The number of carbonyl (C=O) groups is 4. The number of hydrogen-bond acceptors (Lipinski definition) is 10. The van der Waals surface area contributed by atoms with Crippen molar-refractivity contribution in [1.29, 1.82) is 0 Å². The number of carboxylic acid groups (broad SMARTS) is 4. The first-order chi connectivity index (χ1) is 33.8. The second kappa shape index (κ2) is 29.7. The minimum atomic E-state index is -1.03. The summed E-state index contributed by atoms with van der Waals surface area (Å²) >= 11 is 0. The van der Waals surface area contributed by atoms with E-state index in [0.29, 0.717) is 34.8 Å². The van der Waals surface area contributed by atoms with Crippen LogP contribution in [0.4, 0.5) is 0 Å². The van der Waals surface area contributed by atoms with Crippen LogP contribution in [0.1, 0.15) is 133 Å². The van der Waals surface area contributed by atoms with Gasteiger partial charge in [0.2, 0.25) is 0 Å². The van der Waals surface area contributed by atoms with E-state index < -0.39 is 47.7 Å². The molecule has 0 amide bonds. The van der Waals surface area contributed by atoms with Crippen molar-refractivity contribution in [2.24, 2.45) is 35.5 Å². The molecule has 14 heteroatoms. The Kier molecular flexibility index (Phi) is 25.3. The standard InChI is InChI=1S/2C29H42O7/c2*1-19(6-10-24(30)21(3)9-13-27(31)32)7-11-25-22(4)14-16-29(35-25)17-15-23(5)26(36-29)12-8-20(2)18-28(33)34/h2*6-10,12-13,18,21-26,30H,11,14-17H2,1-5H3,(H,31,32)(H,33,34)/b2*10-6+,12-8-,13-9+,19-7+,20-18+/t21?,22-,23+,24?,25+,26+,29?;21?,22-,23+,24?,25+,26-,29?/m11/s1. The molecule has 14 atom stereocenters. The van der Waals surface area contributed by atoms with Gasteiger partial charge in [0.15, 0.2) is 11.6 Å². The van der Waals surface area contributed by atoms with Crippen LogP contribution in [0, 0.1) is 35.5 Å². The number of ether oxygens (including phenoxy) is 4. The molecule has 0 aliphatic carbocycles. The molecule has 4 aliphatic heterocycles. The van der Waals surface area contributed by atoms with Crippen LogP contribution in [0.3, 0.4) is 0 Å². The van der Waals surface area contributed by atoms with E-state index >= 15 is 0 Å². The van der Waals surface area contributed by atoms with Gasteiger partial charge < -0.3 is 49.6 Å². The normalized spacial score (nSPS) is 31.9. The van der Waals surface area contributed by atoms with E-state index in [9.17, 15) is 29.4 Å². The summed E-state index contributed by atoms with van der Waals surface area (Å²) in [5, 5.41) is 55.8. The maximum Gasteiger partial charge on any atom is 0.328 e. The molecule has 4 rings (SSSR count). The number of hydrogen-bond donors (Lipinski definition) is 6. The van der Waals surface area contributed by atoms with Gasteiger partial charge in [0, 0.05) is 61.8 Å². The van der Waals surface area contributed by atoms with E-state index in [4.69, 9.17) is 39.4 Å². The van der Waals surface area contributed by atoms with Gasteiger partial charge in [-0.1, -0.05) is 126 Å². The van der Waals surface area contributed by atoms with Crippen LogP contribution in [-0.4, -0.2) is 103 Å². The van der Waals surface area contributed by atoms with E-state index in [1.807, 2.05) is 50.3 Å². The van der Waals surface area contributed by atoms with E-state index in [-0.39, 0.29) is 36.3 Å². The summed E-state index contributed by atoms with van der Waals surface area (Å²) in [5.41, 5.74) is 3.33. The molecule has 6 unspecified atom stereocenters. The SMILES string of the molecule is CC(/C=C\[C@@H]1OC2(CC[C@@H](C)[C@H](C/C=C(C)/C=C/C(O)C(C)/C=C/C(=O)O)O2)CC[C@@H]1C)=C\C(=O)O.CC(/C=C\[C@H]1OC2(CC[C@@H](C)[C@H](C/C=C(C)/C=C/C(O)C(C)/C=C/C(=O)O)O2)CC[C@@H]1C)=C\C(=O)O. The highest BCUT2D eigenvalue weighted by molar-refractivity contribution is 5.81. The molecule has 72 heavy (non-hydrogen) atoms. The minimum Gasteiger partial charge on any atom is -0.478 e. The number of carboxylic acids is 4. The van der Waals surface area contributed by atoms with Crippen molar-refractivity contribution in [2.45, 2.75) is 182 Å². The molecule has 4 heterocycles. The highest BCUT2D eigenvalue weighted by Crippen LogP contribution is 2.45. The number of rotatable bonds is 20. The Morgan fingerprint density at radius 3 is 1.12 bits per heavy atom. The highest BCUT2D eigenvalue weighted by atomic mass is 16.7. The van der Waals surface area contributed by atoms with Gasteiger partial charge in [-0.25, -0.2) is 19.2 Å². The minimum absolute atomic E-state index is 0.0103. The van der Waals surface area contributed by atoms with Crippen LogP contribution in [0.5, 0.6) is 0 Å². The van der Waals surface area contributed by atoms with Crippen molar-refractivity contribution in [3.05, 3.63) is 120 Å². The second-order valence-electron chi connectivity index (χ2n) is 20.7. The van der Waals surface area contributed by atoms with Crippen LogP contribution < -0.4 is 0 Å². The number of aliphatic hydroxyl groups is 2. The van der Waals surface area contributed by atoms with Crippen molar-refractivity contribution in [3.8, 4) is 0 Å². The van der Waals surface area contributed by atoms with Crippen molar-refractivity contribution >= 4 is 23.9 Å². The summed E-state index contributed by atoms with van der Waals surface area (Å²) in [6.45, 7) is 19.7. The summed E-state index contributed by atoms with van der Waals surface area (Å²) in [5.74, 6) is -4.44. The third-order valence-electron chi connectivity index (χ3n) is 14.2. The average Bonchev–Trinajstić information content (AvgIpc) is 3.31. The summed E-state index contributed by atoms with van der Waals surface area (Å²) in [6, 6.07) is 0. The van der Waals surface area contributed by atoms with E-state index in [2.05, 4.69) is 39.8 Å². The predicted octanol–water partition coefficient (Wildman–Crippen LogP) is 10.9. The number of aliphatic hydroxyl groups excluding tert-OH is 2. The Morgan fingerprint density at radius 2 is 0.806 bits per heavy atom. The van der Waals surface area contributed by atoms with Gasteiger partial charge in [0.05, 0.1) is 36.6 Å². The molecule has 14 nitrogen and oxygen atoms in total. The van der Waals surface area contributed by atoms with Crippen LogP contribution in [0.2, 0.25) is 0 Å². The first-order valence-electron chi connectivity index (χ1n) is 25.6. The molecule has 6 N–H and O–H groups in total. The maximum atomic E-state index is 10.9. The summed E-state index contributed by atoms with van der Waals surface area (Å²) < 4.78 is 26.2. The van der Waals surface area contributed by atoms with Gasteiger partial charge in [-0.15, -0.1) is 0 Å². The quantitative estimate of drug-likeness (QED) is 0.0493. The molecule has 0 saturated carbocycles. The molecule has 0 aromatic heterocycles. The average molecular weight is 1010 g/mol. The van der Waals surface area contributed by atoms with Crippen molar-refractivity contribution in [3.63, 3.8) is 0 Å². The molecule has 0 aromatic carbocycles. The van der Waals surface area contributed by atoms with E-state index in [1.165, 1.54) is 24.3 Å². The van der Waals surface area contributed by atoms with Crippen LogP contribution in [-0.2, 0) is 38.1 Å². The fourth-order valence-electron chi connectivity index (χ4n) is 9.07. The molecule has 4 fully saturated rings. The van der Waals surface area contributed by atoms with Crippen molar-refractivity contribution < 1.29 is 68.8 Å². The van der Waals surface area contributed by atoms with Gasteiger partial charge in [-0.3, -0.25) is 0 Å². The lowest BCUT2D eigenvalue weighted by atomic mass is 9.83. The molecule has 2 spiro atoms. The highest BCUT2D eigenvalue weighted by Gasteiger charge is 2.47. The Balaban J connectivity index is 0.000000380. The number of aliphatic carboxylic acids is 4. The van der Waals surface area contributed by atoms with Crippen molar-refractivity contribution in [2.75, 3.05) is 0 Å².